The largest absolute Gasteiger partial charge is 0.341 e. The summed E-state index contributed by atoms with van der Waals surface area (Å²) < 4.78 is 0.802. The molecule has 14 heavy (non-hydrogen) atoms. The maximum absolute atomic E-state index is 11.0. The molecule has 1 aromatic rings. The number of hydrogen-bond acceptors (Lipinski definition) is 2. The molecule has 0 saturated carbocycles. The van der Waals surface area contributed by atoms with E-state index in [1.54, 1.807) is 18.2 Å². The second kappa shape index (κ2) is 4.63. The second-order valence-corrected chi connectivity index (χ2v) is 3.42. The average Bonchev–Trinajstić information content (AvgIpc) is 2.20. The lowest BCUT2D eigenvalue weighted by molar-refractivity contribution is 0.254. The fourth-order valence-electron chi connectivity index (χ4n) is 0.903. The van der Waals surface area contributed by atoms with Crippen molar-refractivity contribution >= 4 is 27.6 Å². The normalized spacial score (nSPS) is 8.93. The van der Waals surface area contributed by atoms with Crippen molar-refractivity contribution in [1.82, 2.24) is 5.32 Å². The van der Waals surface area contributed by atoms with E-state index in [4.69, 9.17) is 5.26 Å². The highest BCUT2D eigenvalue weighted by molar-refractivity contribution is 9.10. The molecular formula is C9H8BrN3O. The van der Waals surface area contributed by atoms with Gasteiger partial charge in [0.1, 0.15) is 6.07 Å². The van der Waals surface area contributed by atoms with E-state index >= 15 is 0 Å². The van der Waals surface area contributed by atoms with Gasteiger partial charge in [-0.05, 0) is 18.2 Å². The maximum atomic E-state index is 11.0. The van der Waals surface area contributed by atoms with Crippen LogP contribution < -0.4 is 10.6 Å². The lowest BCUT2D eigenvalue weighted by Gasteiger charge is -2.05. The van der Waals surface area contributed by atoms with Crippen LogP contribution in [0.2, 0.25) is 0 Å². The Bertz CT molecular complexity index is 398. The highest BCUT2D eigenvalue weighted by atomic mass is 79.9. The molecule has 0 aliphatic carbocycles. The summed E-state index contributed by atoms with van der Waals surface area (Å²) >= 11 is 3.24. The Morgan fingerprint density at radius 3 is 2.86 bits per heavy atom. The number of nitrogens with zero attached hydrogens (tertiary/aromatic N) is 1. The van der Waals surface area contributed by atoms with Gasteiger partial charge in [0.25, 0.3) is 0 Å². The number of rotatable bonds is 1. The monoisotopic (exact) mass is 253 g/mol. The van der Waals surface area contributed by atoms with Gasteiger partial charge in [-0.15, -0.1) is 0 Å². The summed E-state index contributed by atoms with van der Waals surface area (Å²) in [5.41, 5.74) is 0.915. The number of urea groups is 1. The summed E-state index contributed by atoms with van der Waals surface area (Å²) in [6.45, 7) is 0. The minimum absolute atomic E-state index is 0.344. The van der Waals surface area contributed by atoms with Gasteiger partial charge in [0.15, 0.2) is 0 Å². The number of anilines is 1. The molecule has 72 valence electrons. The highest BCUT2D eigenvalue weighted by Gasteiger charge is 2.04. The van der Waals surface area contributed by atoms with E-state index in [9.17, 15) is 4.79 Å². The zero-order valence-corrected chi connectivity index (χ0v) is 9.05. The molecule has 1 rings (SSSR count). The lowest BCUT2D eigenvalue weighted by atomic mass is 10.2. The maximum Gasteiger partial charge on any atom is 0.319 e. The van der Waals surface area contributed by atoms with Gasteiger partial charge < -0.3 is 10.6 Å². The van der Waals surface area contributed by atoms with Crippen LogP contribution >= 0.6 is 15.9 Å². The van der Waals surface area contributed by atoms with Crippen LogP contribution in [-0.2, 0) is 0 Å². The van der Waals surface area contributed by atoms with Crippen LogP contribution in [0, 0.1) is 11.3 Å². The molecule has 0 heterocycles. The summed E-state index contributed by atoms with van der Waals surface area (Å²) in [6, 6.07) is 6.71. The Hall–Kier alpha value is -1.54. The van der Waals surface area contributed by atoms with Crippen LogP contribution in [0.4, 0.5) is 10.5 Å². The molecule has 0 aromatic heterocycles. The molecule has 4 nitrogen and oxygen atoms in total. The van der Waals surface area contributed by atoms with Crippen molar-refractivity contribution in [2.75, 3.05) is 12.4 Å². The van der Waals surface area contributed by atoms with Crippen molar-refractivity contribution in [3.8, 4) is 6.07 Å². The molecule has 0 atom stereocenters. The van der Waals surface area contributed by atoms with Gasteiger partial charge in [-0.3, -0.25) is 0 Å². The van der Waals surface area contributed by atoms with Gasteiger partial charge in [0, 0.05) is 11.5 Å². The smallest absolute Gasteiger partial charge is 0.319 e. The standard InChI is InChI=1S/C9H8BrN3O/c1-12-9(14)13-8-3-2-7(10)4-6(8)5-11/h2-4H,1H3,(H2,12,13,14). The van der Waals surface area contributed by atoms with Crippen LogP contribution in [0.15, 0.2) is 22.7 Å². The first-order valence-electron chi connectivity index (χ1n) is 3.85. The van der Waals surface area contributed by atoms with E-state index in [1.807, 2.05) is 6.07 Å². The molecule has 0 fully saturated rings. The van der Waals surface area contributed by atoms with Crippen LogP contribution in [0.3, 0.4) is 0 Å². The van der Waals surface area contributed by atoms with Crippen molar-refractivity contribution in [3.63, 3.8) is 0 Å². The number of nitriles is 1. The van der Waals surface area contributed by atoms with E-state index in [1.165, 1.54) is 7.05 Å². The fraction of sp³-hybridized carbons (Fsp3) is 0.111. The number of halogens is 1. The Morgan fingerprint density at radius 2 is 2.29 bits per heavy atom. The highest BCUT2D eigenvalue weighted by Crippen LogP contribution is 2.19. The van der Waals surface area contributed by atoms with E-state index in [0.29, 0.717) is 11.3 Å². The van der Waals surface area contributed by atoms with Crippen LogP contribution in [0.25, 0.3) is 0 Å². The third kappa shape index (κ3) is 2.47. The number of carbonyl (C=O) groups is 1. The van der Waals surface area contributed by atoms with Crippen molar-refractivity contribution in [3.05, 3.63) is 28.2 Å². The quantitative estimate of drug-likeness (QED) is 0.805. The lowest BCUT2D eigenvalue weighted by Crippen LogP contribution is -2.24. The summed E-state index contributed by atoms with van der Waals surface area (Å²) in [7, 11) is 1.51. The average molecular weight is 254 g/mol. The Balaban J connectivity index is 2.98. The Kier molecular flexibility index (Phi) is 3.48. The summed E-state index contributed by atoms with van der Waals surface area (Å²) in [5, 5.41) is 13.7. The van der Waals surface area contributed by atoms with Gasteiger partial charge in [-0.2, -0.15) is 5.26 Å². The predicted octanol–water partition coefficient (Wildman–Crippen LogP) is 2.07. The minimum Gasteiger partial charge on any atom is -0.341 e. The molecule has 0 bridgehead atoms. The van der Waals surface area contributed by atoms with Crippen LogP contribution in [-0.4, -0.2) is 13.1 Å². The Labute approximate surface area is 90.0 Å². The molecule has 0 spiro atoms. The van der Waals surface area contributed by atoms with Crippen molar-refractivity contribution in [2.45, 2.75) is 0 Å². The molecule has 0 aliphatic rings. The topological polar surface area (TPSA) is 64.9 Å². The number of nitrogens with one attached hydrogen (secondary N) is 2. The van der Waals surface area contributed by atoms with E-state index < -0.39 is 0 Å². The predicted molar refractivity (Wildman–Crippen MR) is 56.9 cm³/mol. The van der Waals surface area contributed by atoms with Gasteiger partial charge >= 0.3 is 6.03 Å². The van der Waals surface area contributed by atoms with E-state index in [2.05, 4.69) is 26.6 Å². The first-order chi connectivity index (χ1) is 6.67. The summed E-state index contributed by atoms with van der Waals surface area (Å²) in [5.74, 6) is 0. The first-order valence-corrected chi connectivity index (χ1v) is 4.65. The molecule has 0 radical (unpaired) electrons. The number of amides is 2. The molecule has 2 amide bonds. The summed E-state index contributed by atoms with van der Waals surface area (Å²) in [6.07, 6.45) is 0. The number of carbonyl (C=O) groups excluding carboxylic acids is 1. The van der Waals surface area contributed by atoms with Crippen molar-refractivity contribution in [2.24, 2.45) is 0 Å². The van der Waals surface area contributed by atoms with Gasteiger partial charge in [0.05, 0.1) is 11.3 Å². The minimum atomic E-state index is -0.344. The van der Waals surface area contributed by atoms with Gasteiger partial charge in [-0.1, -0.05) is 15.9 Å². The zero-order chi connectivity index (χ0) is 10.6. The molecule has 1 aromatic carbocycles. The second-order valence-electron chi connectivity index (χ2n) is 2.51. The molecule has 0 saturated heterocycles. The third-order valence-electron chi connectivity index (χ3n) is 1.58. The molecule has 0 aliphatic heterocycles. The van der Waals surface area contributed by atoms with Crippen molar-refractivity contribution in [1.29, 1.82) is 5.26 Å². The van der Waals surface area contributed by atoms with E-state index in [-0.39, 0.29) is 6.03 Å². The van der Waals surface area contributed by atoms with Gasteiger partial charge in [-0.25, -0.2) is 4.79 Å². The van der Waals surface area contributed by atoms with Crippen LogP contribution in [0.1, 0.15) is 5.56 Å². The molecule has 5 heteroatoms. The SMILES string of the molecule is CNC(=O)Nc1ccc(Br)cc1C#N. The molecule has 2 N–H and O–H groups in total. The van der Waals surface area contributed by atoms with Crippen LogP contribution in [0.5, 0.6) is 0 Å². The van der Waals surface area contributed by atoms with E-state index in [0.717, 1.165) is 4.47 Å². The molecule has 0 unspecified atom stereocenters. The zero-order valence-electron chi connectivity index (χ0n) is 7.47. The van der Waals surface area contributed by atoms with Gasteiger partial charge in [0.2, 0.25) is 0 Å². The number of hydrogen-bond donors (Lipinski definition) is 2. The number of benzene rings is 1. The first kappa shape index (κ1) is 10.5. The Morgan fingerprint density at radius 1 is 1.57 bits per heavy atom. The molecular weight excluding hydrogens is 246 g/mol. The fourth-order valence-corrected chi connectivity index (χ4v) is 1.26. The summed E-state index contributed by atoms with van der Waals surface area (Å²) in [4.78, 5) is 11.0. The third-order valence-corrected chi connectivity index (χ3v) is 2.07. The van der Waals surface area contributed by atoms with Crippen molar-refractivity contribution < 1.29 is 4.79 Å².